The Morgan fingerprint density at radius 2 is 2.00 bits per heavy atom. The molecule has 0 amide bonds. The average Bonchev–Trinajstić information content (AvgIpc) is 2.61. The summed E-state index contributed by atoms with van der Waals surface area (Å²) in [7, 11) is 2.35. The summed E-state index contributed by atoms with van der Waals surface area (Å²) in [4.78, 5) is 41.5. The molecule has 0 fully saturated rings. The Bertz CT molecular complexity index is 716. The van der Waals surface area contributed by atoms with Gasteiger partial charge in [0.2, 0.25) is 0 Å². The molecule has 0 spiro atoms. The normalized spacial score (nSPS) is 10.8. The standard InChI is InChI=1S/C13H13FN4O5.C2H6/c1-16-11(17-6-15)5-10(19)12-8(13(20)23-2)3-7(14)4-9(12)18(21)22;1-2/h3-4,6H,5H2,1-2H3,(H2,15,16,17);1-2H3. The fourth-order valence-electron chi connectivity index (χ4n) is 1.80. The predicted molar refractivity (Wildman–Crippen MR) is 90.7 cm³/mol. The number of rotatable bonds is 5. The minimum Gasteiger partial charge on any atom is -0.465 e. The summed E-state index contributed by atoms with van der Waals surface area (Å²) < 4.78 is 17.9. The van der Waals surface area contributed by atoms with Crippen LogP contribution in [0.5, 0.6) is 0 Å². The molecule has 0 unspecified atom stereocenters. The van der Waals surface area contributed by atoms with Crippen molar-refractivity contribution < 1.29 is 23.6 Å². The zero-order valence-corrected chi connectivity index (χ0v) is 14.3. The van der Waals surface area contributed by atoms with Crippen LogP contribution in [0.4, 0.5) is 10.1 Å². The lowest BCUT2D eigenvalue weighted by atomic mass is 9.98. The Morgan fingerprint density at radius 3 is 2.44 bits per heavy atom. The number of nitrogens with zero attached hydrogens (tertiary/aromatic N) is 3. The molecular formula is C15H19FN4O5. The Labute approximate surface area is 143 Å². The Morgan fingerprint density at radius 1 is 1.40 bits per heavy atom. The number of ether oxygens (including phenoxy) is 1. The number of esters is 1. The molecule has 0 aliphatic carbocycles. The van der Waals surface area contributed by atoms with Gasteiger partial charge in [0.15, 0.2) is 5.78 Å². The minimum atomic E-state index is -1.08. The van der Waals surface area contributed by atoms with Gasteiger partial charge in [-0.3, -0.25) is 19.9 Å². The van der Waals surface area contributed by atoms with Gasteiger partial charge in [0.05, 0.1) is 36.4 Å². The second-order valence-electron chi connectivity index (χ2n) is 4.11. The van der Waals surface area contributed by atoms with Gasteiger partial charge in [-0.15, -0.1) is 0 Å². The molecule has 0 aliphatic heterocycles. The number of nitro groups is 1. The van der Waals surface area contributed by atoms with Gasteiger partial charge in [-0.2, -0.15) is 0 Å². The van der Waals surface area contributed by atoms with Crippen molar-refractivity contribution in [3.05, 3.63) is 39.2 Å². The quantitative estimate of drug-likeness (QED) is 0.215. The third kappa shape index (κ3) is 5.75. The summed E-state index contributed by atoms with van der Waals surface area (Å²) in [5.74, 6) is -2.97. The first-order chi connectivity index (χ1) is 11.8. The minimum absolute atomic E-state index is 0.00746. The number of hydrogen-bond donors (Lipinski definition) is 1. The highest BCUT2D eigenvalue weighted by Crippen LogP contribution is 2.26. The van der Waals surface area contributed by atoms with Crippen molar-refractivity contribution in [3.8, 4) is 0 Å². The lowest BCUT2D eigenvalue weighted by Gasteiger charge is -2.08. The highest BCUT2D eigenvalue weighted by Gasteiger charge is 2.29. The summed E-state index contributed by atoms with van der Waals surface area (Å²) >= 11 is 0. The zero-order chi connectivity index (χ0) is 19.6. The van der Waals surface area contributed by atoms with Crippen LogP contribution in [0.1, 0.15) is 41.0 Å². The van der Waals surface area contributed by atoms with Crippen LogP contribution in [-0.2, 0) is 4.74 Å². The highest BCUT2D eigenvalue weighted by atomic mass is 19.1. The number of halogens is 1. The molecular weight excluding hydrogens is 335 g/mol. The predicted octanol–water partition coefficient (Wildman–Crippen LogP) is 2.13. The van der Waals surface area contributed by atoms with Crippen LogP contribution in [0, 0.1) is 15.9 Å². The maximum atomic E-state index is 13.5. The molecule has 2 N–H and O–H groups in total. The molecule has 1 aromatic carbocycles. The monoisotopic (exact) mass is 354 g/mol. The molecule has 25 heavy (non-hydrogen) atoms. The van der Waals surface area contributed by atoms with Gasteiger partial charge in [-0.25, -0.2) is 14.2 Å². The summed E-state index contributed by atoms with van der Waals surface area (Å²) in [5, 5.41) is 11.1. The molecule has 10 heteroatoms. The third-order valence-electron chi connectivity index (χ3n) is 2.76. The van der Waals surface area contributed by atoms with Gasteiger partial charge in [0.25, 0.3) is 5.69 Å². The van der Waals surface area contributed by atoms with Crippen molar-refractivity contribution in [2.45, 2.75) is 20.3 Å². The Hall–Kier alpha value is -3.17. The fraction of sp³-hybridized carbons (Fsp3) is 0.333. The van der Waals surface area contributed by atoms with Crippen LogP contribution >= 0.6 is 0 Å². The maximum absolute atomic E-state index is 13.5. The SMILES string of the molecule is CC.CN=C(CC(=O)c1c(C(=O)OC)cc(F)cc1[N+](=O)[O-])N=CN. The number of benzene rings is 1. The number of methoxy groups -OCH3 is 1. The molecule has 0 aromatic heterocycles. The number of Topliss-reactive ketones (excluding diaryl/α,β-unsaturated/α-hetero) is 1. The van der Waals surface area contributed by atoms with Gasteiger partial charge >= 0.3 is 5.97 Å². The maximum Gasteiger partial charge on any atom is 0.338 e. The van der Waals surface area contributed by atoms with Crippen molar-refractivity contribution in [2.24, 2.45) is 15.7 Å². The van der Waals surface area contributed by atoms with Gasteiger partial charge in [0, 0.05) is 7.05 Å². The van der Waals surface area contributed by atoms with E-state index in [0.29, 0.717) is 12.1 Å². The molecule has 0 heterocycles. The molecule has 9 nitrogen and oxygen atoms in total. The first kappa shape index (κ1) is 21.8. The van der Waals surface area contributed by atoms with E-state index in [-0.39, 0.29) is 5.84 Å². The second kappa shape index (κ2) is 10.6. The van der Waals surface area contributed by atoms with Crippen molar-refractivity contribution in [2.75, 3.05) is 14.2 Å². The highest BCUT2D eigenvalue weighted by molar-refractivity contribution is 6.16. The lowest BCUT2D eigenvalue weighted by Crippen LogP contribution is -2.16. The number of carbonyl (C=O) groups is 2. The zero-order valence-electron chi connectivity index (χ0n) is 14.3. The van der Waals surface area contributed by atoms with E-state index < -0.39 is 45.7 Å². The molecule has 0 saturated heterocycles. The first-order valence-corrected chi connectivity index (χ1v) is 7.15. The van der Waals surface area contributed by atoms with Crippen LogP contribution in [0.2, 0.25) is 0 Å². The van der Waals surface area contributed by atoms with Crippen LogP contribution in [-0.4, -0.2) is 43.0 Å². The van der Waals surface area contributed by atoms with Crippen LogP contribution in [0.25, 0.3) is 0 Å². The number of ketones is 1. The largest absolute Gasteiger partial charge is 0.465 e. The van der Waals surface area contributed by atoms with E-state index in [4.69, 9.17) is 5.73 Å². The van der Waals surface area contributed by atoms with E-state index in [1.807, 2.05) is 13.8 Å². The second-order valence-corrected chi connectivity index (χ2v) is 4.11. The van der Waals surface area contributed by atoms with Crippen LogP contribution in [0.3, 0.4) is 0 Å². The molecule has 0 bridgehead atoms. The molecule has 0 aliphatic rings. The van der Waals surface area contributed by atoms with Gasteiger partial charge in [-0.05, 0) is 6.07 Å². The molecule has 0 atom stereocenters. The number of nitro benzene ring substituents is 1. The number of nitrogens with two attached hydrogens (primary N) is 1. The van der Waals surface area contributed by atoms with E-state index >= 15 is 0 Å². The molecule has 1 rings (SSSR count). The van der Waals surface area contributed by atoms with Crippen molar-refractivity contribution in [3.63, 3.8) is 0 Å². The van der Waals surface area contributed by atoms with Gasteiger partial charge in [-0.1, -0.05) is 13.8 Å². The number of carbonyl (C=O) groups excluding carboxylic acids is 2. The topological polar surface area (TPSA) is 137 Å². The summed E-state index contributed by atoms with van der Waals surface area (Å²) in [5.41, 5.74) is 3.14. The van der Waals surface area contributed by atoms with E-state index in [9.17, 15) is 24.1 Å². The number of aliphatic imine (C=N–C) groups is 2. The Kier molecular flexibility index (Phi) is 9.23. The molecule has 0 saturated carbocycles. The smallest absolute Gasteiger partial charge is 0.338 e. The summed E-state index contributed by atoms with van der Waals surface area (Å²) in [6, 6.07) is 1.25. The number of hydrogen-bond acceptors (Lipinski definition) is 6. The van der Waals surface area contributed by atoms with Crippen molar-refractivity contribution >= 4 is 29.6 Å². The lowest BCUT2D eigenvalue weighted by molar-refractivity contribution is -0.385. The van der Waals surface area contributed by atoms with E-state index in [1.165, 1.54) is 7.05 Å². The van der Waals surface area contributed by atoms with Crippen LogP contribution in [0.15, 0.2) is 22.1 Å². The summed E-state index contributed by atoms with van der Waals surface area (Å²) in [6.07, 6.45) is 0.441. The average molecular weight is 354 g/mol. The summed E-state index contributed by atoms with van der Waals surface area (Å²) in [6.45, 7) is 4.00. The number of amidine groups is 1. The van der Waals surface area contributed by atoms with Gasteiger partial charge < -0.3 is 10.5 Å². The molecule has 1 aromatic rings. The first-order valence-electron chi connectivity index (χ1n) is 7.15. The molecule has 136 valence electrons. The third-order valence-corrected chi connectivity index (χ3v) is 2.76. The Balaban J connectivity index is 0.00000277. The fourth-order valence-corrected chi connectivity index (χ4v) is 1.80. The molecule has 0 radical (unpaired) electrons. The van der Waals surface area contributed by atoms with E-state index in [2.05, 4.69) is 14.7 Å². The van der Waals surface area contributed by atoms with Gasteiger partial charge in [0.1, 0.15) is 17.2 Å². The van der Waals surface area contributed by atoms with Crippen LogP contribution < -0.4 is 5.73 Å². The van der Waals surface area contributed by atoms with Crippen molar-refractivity contribution in [1.29, 1.82) is 0 Å². The van der Waals surface area contributed by atoms with E-state index in [0.717, 1.165) is 13.4 Å². The van der Waals surface area contributed by atoms with Crippen molar-refractivity contribution in [1.82, 2.24) is 0 Å². The van der Waals surface area contributed by atoms with E-state index in [1.54, 1.807) is 0 Å².